The molecule has 6 nitrogen and oxygen atoms in total. The van der Waals surface area contributed by atoms with E-state index in [0.29, 0.717) is 5.75 Å². The summed E-state index contributed by atoms with van der Waals surface area (Å²) in [4.78, 5) is 37.2. The Hall–Kier alpha value is -2.89. The molecule has 6 heteroatoms. The molecule has 1 aliphatic heterocycles. The van der Waals surface area contributed by atoms with Crippen LogP contribution in [0, 0.1) is 0 Å². The van der Waals surface area contributed by atoms with E-state index in [0.717, 1.165) is 26.1 Å². The number of imide groups is 2. The maximum absolute atomic E-state index is 12.0. The van der Waals surface area contributed by atoms with Gasteiger partial charge in [-0.1, -0.05) is 30.3 Å². The van der Waals surface area contributed by atoms with Crippen LogP contribution in [0.25, 0.3) is 10.8 Å². The Morgan fingerprint density at radius 1 is 0.955 bits per heavy atom. The second-order valence-electron chi connectivity index (χ2n) is 5.01. The molecule has 3 rings (SSSR count). The van der Waals surface area contributed by atoms with E-state index in [1.54, 1.807) is 19.2 Å². The number of nitrogens with zero attached hydrogens (tertiary/aromatic N) is 2. The summed E-state index contributed by atoms with van der Waals surface area (Å²) in [6.07, 6.45) is 0. The summed E-state index contributed by atoms with van der Waals surface area (Å²) in [6.45, 7) is 0.0538. The molecule has 0 spiro atoms. The van der Waals surface area contributed by atoms with Gasteiger partial charge in [0.05, 0.1) is 13.7 Å². The van der Waals surface area contributed by atoms with Gasteiger partial charge >= 0.3 is 17.8 Å². The molecule has 1 aliphatic rings. The number of hydrogen-bond donors (Lipinski definition) is 0. The Kier molecular flexibility index (Phi) is 3.29. The molecule has 0 atom stereocenters. The van der Waals surface area contributed by atoms with Gasteiger partial charge in [0, 0.05) is 12.4 Å². The SMILES string of the molecule is COc1ccc(CN2C(=O)C(=O)N(C)C2=O)c2ccccc12. The smallest absolute Gasteiger partial charge is 0.334 e. The Balaban J connectivity index is 2.04. The lowest BCUT2D eigenvalue weighted by molar-refractivity contribution is -0.143. The van der Waals surface area contributed by atoms with Crippen molar-refractivity contribution in [3.05, 3.63) is 42.0 Å². The van der Waals surface area contributed by atoms with Crippen molar-refractivity contribution in [1.29, 1.82) is 0 Å². The molecular weight excluding hydrogens is 284 g/mol. The van der Waals surface area contributed by atoms with E-state index in [2.05, 4.69) is 0 Å². The number of methoxy groups -OCH3 is 1. The quantitative estimate of drug-likeness (QED) is 0.640. The summed E-state index contributed by atoms with van der Waals surface area (Å²) in [5.41, 5.74) is 0.779. The van der Waals surface area contributed by atoms with Crippen LogP contribution in [0.5, 0.6) is 5.75 Å². The summed E-state index contributed by atoms with van der Waals surface area (Å²) in [5, 5.41) is 1.77. The highest BCUT2D eigenvalue weighted by atomic mass is 16.5. The number of fused-ring (bicyclic) bond motifs is 1. The first-order chi connectivity index (χ1) is 10.5. The molecule has 4 amide bonds. The number of rotatable bonds is 3. The van der Waals surface area contributed by atoms with Crippen molar-refractivity contribution in [3.8, 4) is 5.75 Å². The molecule has 0 radical (unpaired) electrons. The number of likely N-dealkylation sites (N-methyl/N-ethyl adjacent to an activating group) is 1. The van der Waals surface area contributed by atoms with E-state index < -0.39 is 17.8 Å². The van der Waals surface area contributed by atoms with Gasteiger partial charge in [0.15, 0.2) is 0 Å². The van der Waals surface area contributed by atoms with Gasteiger partial charge in [0.25, 0.3) is 0 Å². The maximum atomic E-state index is 12.0. The number of urea groups is 1. The van der Waals surface area contributed by atoms with Gasteiger partial charge in [-0.2, -0.15) is 0 Å². The highest BCUT2D eigenvalue weighted by molar-refractivity contribution is 6.44. The number of carbonyl (C=O) groups excluding carboxylic acids is 3. The zero-order valence-electron chi connectivity index (χ0n) is 12.2. The van der Waals surface area contributed by atoms with Crippen molar-refractivity contribution < 1.29 is 19.1 Å². The van der Waals surface area contributed by atoms with Crippen molar-refractivity contribution in [1.82, 2.24) is 9.80 Å². The fourth-order valence-corrected chi connectivity index (χ4v) is 2.57. The van der Waals surface area contributed by atoms with Gasteiger partial charge in [0.1, 0.15) is 5.75 Å². The molecule has 0 N–H and O–H groups in total. The highest BCUT2D eigenvalue weighted by Crippen LogP contribution is 2.29. The number of carbonyl (C=O) groups is 3. The summed E-state index contributed by atoms with van der Waals surface area (Å²) in [5.74, 6) is -0.887. The Bertz CT molecular complexity index is 800. The molecule has 0 aromatic heterocycles. The first-order valence-electron chi connectivity index (χ1n) is 6.72. The van der Waals surface area contributed by atoms with Crippen LogP contribution in [0.15, 0.2) is 36.4 Å². The third-order valence-corrected chi connectivity index (χ3v) is 3.77. The van der Waals surface area contributed by atoms with E-state index in [-0.39, 0.29) is 6.54 Å². The summed E-state index contributed by atoms with van der Waals surface area (Å²) >= 11 is 0. The molecule has 0 saturated carbocycles. The number of ether oxygens (including phenoxy) is 1. The zero-order chi connectivity index (χ0) is 15.9. The molecular formula is C16H14N2O4. The average molecular weight is 298 g/mol. The maximum Gasteiger partial charge on any atom is 0.334 e. The van der Waals surface area contributed by atoms with Crippen molar-refractivity contribution in [2.75, 3.05) is 14.2 Å². The Morgan fingerprint density at radius 2 is 1.64 bits per heavy atom. The van der Waals surface area contributed by atoms with Crippen molar-refractivity contribution in [3.63, 3.8) is 0 Å². The predicted molar refractivity (Wildman–Crippen MR) is 79.2 cm³/mol. The van der Waals surface area contributed by atoms with Crippen LogP contribution in [-0.2, 0) is 16.1 Å². The fourth-order valence-electron chi connectivity index (χ4n) is 2.57. The fraction of sp³-hybridized carbons (Fsp3) is 0.188. The molecule has 0 unspecified atom stereocenters. The highest BCUT2D eigenvalue weighted by Gasteiger charge is 2.42. The lowest BCUT2D eigenvalue weighted by atomic mass is 10.0. The Morgan fingerprint density at radius 3 is 2.23 bits per heavy atom. The third kappa shape index (κ3) is 2.00. The van der Waals surface area contributed by atoms with E-state index >= 15 is 0 Å². The van der Waals surface area contributed by atoms with Crippen molar-refractivity contribution in [2.24, 2.45) is 0 Å². The van der Waals surface area contributed by atoms with Crippen LogP contribution in [0.4, 0.5) is 4.79 Å². The molecule has 1 saturated heterocycles. The summed E-state index contributed by atoms with van der Waals surface area (Å²) in [6, 6.07) is 10.5. The van der Waals surface area contributed by atoms with Gasteiger partial charge in [-0.25, -0.2) is 4.79 Å². The minimum atomic E-state index is -0.803. The van der Waals surface area contributed by atoms with Crippen LogP contribution >= 0.6 is 0 Å². The van der Waals surface area contributed by atoms with Gasteiger partial charge in [-0.05, 0) is 17.0 Å². The minimum Gasteiger partial charge on any atom is -0.496 e. The normalized spacial score (nSPS) is 15.1. The van der Waals surface area contributed by atoms with E-state index in [1.807, 2.05) is 24.3 Å². The van der Waals surface area contributed by atoms with E-state index in [1.165, 1.54) is 7.05 Å². The first kappa shape index (κ1) is 14.1. The number of amides is 4. The lowest BCUT2D eigenvalue weighted by Gasteiger charge is -2.15. The first-order valence-corrected chi connectivity index (χ1v) is 6.72. The summed E-state index contributed by atoms with van der Waals surface area (Å²) in [7, 11) is 2.89. The number of benzene rings is 2. The van der Waals surface area contributed by atoms with Gasteiger partial charge in [-0.3, -0.25) is 19.4 Å². The Labute approximate surface area is 126 Å². The average Bonchev–Trinajstić information content (AvgIpc) is 2.73. The van der Waals surface area contributed by atoms with Gasteiger partial charge in [-0.15, -0.1) is 0 Å². The lowest BCUT2D eigenvalue weighted by Crippen LogP contribution is -2.31. The molecule has 22 heavy (non-hydrogen) atoms. The van der Waals surface area contributed by atoms with Crippen LogP contribution in [0.1, 0.15) is 5.56 Å². The van der Waals surface area contributed by atoms with Gasteiger partial charge in [0.2, 0.25) is 0 Å². The van der Waals surface area contributed by atoms with Crippen LogP contribution < -0.4 is 4.74 Å². The van der Waals surface area contributed by atoms with E-state index in [9.17, 15) is 14.4 Å². The summed E-state index contributed by atoms with van der Waals surface area (Å²) < 4.78 is 5.32. The van der Waals surface area contributed by atoms with Crippen molar-refractivity contribution in [2.45, 2.75) is 6.54 Å². The van der Waals surface area contributed by atoms with Crippen LogP contribution in [0.3, 0.4) is 0 Å². The molecule has 2 aromatic rings. The van der Waals surface area contributed by atoms with Crippen LogP contribution in [0.2, 0.25) is 0 Å². The van der Waals surface area contributed by atoms with E-state index in [4.69, 9.17) is 4.74 Å². The van der Waals surface area contributed by atoms with Crippen LogP contribution in [-0.4, -0.2) is 41.8 Å². The monoisotopic (exact) mass is 298 g/mol. The zero-order valence-corrected chi connectivity index (χ0v) is 12.2. The minimum absolute atomic E-state index is 0.0538. The second kappa shape index (κ2) is 5.14. The molecule has 1 fully saturated rings. The molecule has 0 bridgehead atoms. The molecule has 0 aliphatic carbocycles. The molecule has 112 valence electrons. The molecule has 2 aromatic carbocycles. The second-order valence-corrected chi connectivity index (χ2v) is 5.01. The predicted octanol–water partition coefficient (Wildman–Crippen LogP) is 1.77. The molecule has 1 heterocycles. The van der Waals surface area contributed by atoms with Crippen molar-refractivity contribution >= 4 is 28.6 Å². The topological polar surface area (TPSA) is 66.9 Å². The van der Waals surface area contributed by atoms with Gasteiger partial charge < -0.3 is 4.74 Å². The largest absolute Gasteiger partial charge is 0.496 e. The number of hydrogen-bond acceptors (Lipinski definition) is 4. The standard InChI is InChI=1S/C16H14N2O4/c1-17-14(19)15(20)18(16(17)21)9-10-7-8-13(22-2)12-6-4-3-5-11(10)12/h3-8H,9H2,1-2H3. The third-order valence-electron chi connectivity index (χ3n) is 3.77.